The smallest absolute Gasteiger partial charge is 0.277 e. The first kappa shape index (κ1) is 19.2. The van der Waals surface area contributed by atoms with Crippen molar-refractivity contribution in [2.45, 2.75) is 12.8 Å². The first-order chi connectivity index (χ1) is 11.9. The van der Waals surface area contributed by atoms with E-state index in [9.17, 15) is 14.4 Å². The number of piperidine rings is 1. The van der Waals surface area contributed by atoms with Gasteiger partial charge in [-0.3, -0.25) is 14.4 Å². The molecule has 3 amide bonds. The van der Waals surface area contributed by atoms with E-state index in [0.29, 0.717) is 17.3 Å². The van der Waals surface area contributed by atoms with Gasteiger partial charge in [0.15, 0.2) is 6.54 Å². The average Bonchev–Trinajstić information content (AvgIpc) is 2.57. The van der Waals surface area contributed by atoms with Crippen LogP contribution in [0.2, 0.25) is 5.02 Å². The first-order valence-electron chi connectivity index (χ1n) is 8.28. The van der Waals surface area contributed by atoms with Gasteiger partial charge >= 0.3 is 0 Å². The van der Waals surface area contributed by atoms with Gasteiger partial charge in [0.05, 0.1) is 36.3 Å². The van der Waals surface area contributed by atoms with Crippen molar-refractivity contribution in [1.29, 1.82) is 0 Å². The molecular formula is C17H24ClN4O3+. The maximum atomic E-state index is 12.3. The number of carbonyl (C=O) groups excluding carboxylic acids is 3. The molecule has 25 heavy (non-hydrogen) atoms. The lowest BCUT2D eigenvalue weighted by molar-refractivity contribution is -0.899. The summed E-state index contributed by atoms with van der Waals surface area (Å²) in [6.07, 6.45) is 1.65. The van der Waals surface area contributed by atoms with E-state index < -0.39 is 0 Å². The summed E-state index contributed by atoms with van der Waals surface area (Å²) in [5.41, 5.74) is 5.87. The number of nitrogens with two attached hydrogens (primary N) is 1. The lowest BCUT2D eigenvalue weighted by Crippen LogP contribution is -3.14. The van der Waals surface area contributed by atoms with E-state index in [1.807, 2.05) is 0 Å². The molecule has 0 saturated carbocycles. The summed E-state index contributed by atoms with van der Waals surface area (Å²) >= 11 is 6.00. The molecule has 1 heterocycles. The Balaban J connectivity index is 1.82. The molecule has 1 unspecified atom stereocenters. The third kappa shape index (κ3) is 5.72. The van der Waals surface area contributed by atoms with Crippen molar-refractivity contribution in [3.63, 3.8) is 0 Å². The van der Waals surface area contributed by atoms with Gasteiger partial charge in [-0.2, -0.15) is 0 Å². The molecule has 0 spiro atoms. The van der Waals surface area contributed by atoms with E-state index in [1.165, 1.54) is 4.90 Å². The summed E-state index contributed by atoms with van der Waals surface area (Å²) in [6, 6.07) is 6.92. The molecule has 4 N–H and O–H groups in total. The highest BCUT2D eigenvalue weighted by molar-refractivity contribution is 6.33. The molecule has 0 aliphatic carbocycles. The second kappa shape index (κ2) is 8.82. The lowest BCUT2D eigenvalue weighted by atomic mass is 9.97. The molecule has 136 valence electrons. The predicted octanol–water partition coefficient (Wildman–Crippen LogP) is -0.483. The van der Waals surface area contributed by atoms with Crippen LogP contribution in [0.3, 0.4) is 0 Å². The van der Waals surface area contributed by atoms with Crippen LogP contribution in [0.4, 0.5) is 5.69 Å². The fourth-order valence-electron chi connectivity index (χ4n) is 2.96. The molecule has 0 radical (unpaired) electrons. The maximum Gasteiger partial charge on any atom is 0.277 e. The fourth-order valence-corrected chi connectivity index (χ4v) is 3.14. The standard InChI is InChI=1S/C17H23ClN4O3/c1-21(10-15(23)20-14-7-3-2-6-13(14)18)16(24)11-22-8-4-5-12(9-22)17(19)25/h2-3,6-7,12H,4-5,8-11H2,1H3,(H2,19,25)(H,20,23)/p+1/t12-/m0/s1. The zero-order valence-corrected chi connectivity index (χ0v) is 15.0. The summed E-state index contributed by atoms with van der Waals surface area (Å²) in [7, 11) is 1.59. The van der Waals surface area contributed by atoms with Gasteiger partial charge in [0.25, 0.3) is 5.91 Å². The van der Waals surface area contributed by atoms with E-state index in [2.05, 4.69) is 5.32 Å². The number of benzene rings is 1. The van der Waals surface area contributed by atoms with Gasteiger partial charge in [0.2, 0.25) is 11.8 Å². The average molecular weight is 368 g/mol. The van der Waals surface area contributed by atoms with Crippen LogP contribution < -0.4 is 16.0 Å². The number of nitrogens with zero attached hydrogens (tertiary/aromatic N) is 1. The van der Waals surface area contributed by atoms with Gasteiger partial charge in [-0.1, -0.05) is 23.7 Å². The van der Waals surface area contributed by atoms with Crippen LogP contribution in [0, 0.1) is 5.92 Å². The zero-order valence-electron chi connectivity index (χ0n) is 14.3. The monoisotopic (exact) mass is 367 g/mol. The molecule has 2 atom stereocenters. The number of hydrogen-bond donors (Lipinski definition) is 3. The van der Waals surface area contributed by atoms with E-state index in [-0.39, 0.29) is 36.7 Å². The molecule has 0 bridgehead atoms. The van der Waals surface area contributed by atoms with E-state index in [1.54, 1.807) is 31.3 Å². The highest BCUT2D eigenvalue weighted by Gasteiger charge is 2.29. The Morgan fingerprint density at radius 2 is 2.08 bits per heavy atom. The molecule has 1 fully saturated rings. The molecular weight excluding hydrogens is 344 g/mol. The van der Waals surface area contributed by atoms with Gasteiger partial charge in [0.1, 0.15) is 0 Å². The number of carbonyl (C=O) groups is 3. The van der Waals surface area contributed by atoms with Crippen LogP contribution in [-0.4, -0.2) is 55.8 Å². The molecule has 1 aliphatic rings. The van der Waals surface area contributed by atoms with Crippen LogP contribution in [0.15, 0.2) is 24.3 Å². The zero-order chi connectivity index (χ0) is 18.4. The number of amides is 3. The van der Waals surface area contributed by atoms with Crippen LogP contribution in [0.5, 0.6) is 0 Å². The number of anilines is 1. The van der Waals surface area contributed by atoms with Crippen molar-refractivity contribution in [3.8, 4) is 0 Å². The number of nitrogens with one attached hydrogen (secondary N) is 2. The van der Waals surface area contributed by atoms with E-state index in [0.717, 1.165) is 24.3 Å². The summed E-state index contributed by atoms with van der Waals surface area (Å²) in [5.74, 6) is -0.940. The Kier molecular flexibility index (Phi) is 6.78. The number of rotatable bonds is 6. The Hall–Kier alpha value is -2.12. The minimum absolute atomic E-state index is 0.0589. The van der Waals surface area contributed by atoms with Crippen molar-refractivity contribution < 1.29 is 19.3 Å². The molecule has 1 aromatic carbocycles. The summed E-state index contributed by atoms with van der Waals surface area (Å²) in [5, 5.41) is 3.13. The number of para-hydroxylation sites is 1. The van der Waals surface area contributed by atoms with Gasteiger partial charge < -0.3 is 20.9 Å². The quantitative estimate of drug-likeness (QED) is 0.633. The summed E-state index contributed by atoms with van der Waals surface area (Å²) in [4.78, 5) is 38.1. The molecule has 7 nitrogen and oxygen atoms in total. The van der Waals surface area contributed by atoms with E-state index >= 15 is 0 Å². The normalized spacial score (nSPS) is 19.9. The number of primary amides is 1. The predicted molar refractivity (Wildman–Crippen MR) is 95.2 cm³/mol. The fraction of sp³-hybridized carbons (Fsp3) is 0.471. The first-order valence-corrected chi connectivity index (χ1v) is 8.66. The number of quaternary nitrogens is 1. The molecule has 1 aliphatic heterocycles. The Morgan fingerprint density at radius 1 is 1.36 bits per heavy atom. The third-order valence-corrected chi connectivity index (χ3v) is 4.71. The van der Waals surface area contributed by atoms with Gasteiger partial charge in [-0.05, 0) is 25.0 Å². The highest BCUT2D eigenvalue weighted by Crippen LogP contribution is 2.20. The number of likely N-dealkylation sites (N-methyl/N-ethyl adjacent to an activating group) is 1. The van der Waals surface area contributed by atoms with Gasteiger partial charge in [-0.15, -0.1) is 0 Å². The summed E-state index contributed by atoms with van der Waals surface area (Å²) < 4.78 is 0. The van der Waals surface area contributed by atoms with Crippen molar-refractivity contribution in [3.05, 3.63) is 29.3 Å². The van der Waals surface area contributed by atoms with Crippen molar-refractivity contribution in [2.24, 2.45) is 11.7 Å². The van der Waals surface area contributed by atoms with E-state index in [4.69, 9.17) is 17.3 Å². The second-order valence-corrected chi connectivity index (χ2v) is 6.81. The molecule has 8 heteroatoms. The largest absolute Gasteiger partial charge is 0.369 e. The topological polar surface area (TPSA) is 96.9 Å². The van der Waals surface area contributed by atoms with Crippen LogP contribution in [0.1, 0.15) is 12.8 Å². The van der Waals surface area contributed by atoms with Crippen LogP contribution in [-0.2, 0) is 14.4 Å². The number of halogens is 1. The van der Waals surface area contributed by atoms with Crippen molar-refractivity contribution >= 4 is 35.0 Å². The van der Waals surface area contributed by atoms with Crippen LogP contribution in [0.25, 0.3) is 0 Å². The highest BCUT2D eigenvalue weighted by atomic mass is 35.5. The van der Waals surface area contributed by atoms with Gasteiger partial charge in [0, 0.05) is 7.05 Å². The Morgan fingerprint density at radius 3 is 2.76 bits per heavy atom. The van der Waals surface area contributed by atoms with Crippen molar-refractivity contribution in [1.82, 2.24) is 4.90 Å². The SMILES string of the molecule is CN(CC(=O)Nc1ccccc1Cl)C(=O)C[NH+]1CCC[C@H](C(N)=O)C1. The minimum atomic E-state index is -0.312. The number of hydrogen-bond acceptors (Lipinski definition) is 3. The molecule has 1 aromatic rings. The molecule has 0 aromatic heterocycles. The summed E-state index contributed by atoms with van der Waals surface area (Å²) in [6.45, 7) is 1.59. The third-order valence-electron chi connectivity index (χ3n) is 4.38. The number of likely N-dealkylation sites (tertiary alicyclic amines) is 1. The maximum absolute atomic E-state index is 12.3. The second-order valence-electron chi connectivity index (χ2n) is 6.40. The Labute approximate surface area is 152 Å². The Bertz CT molecular complexity index is 653. The van der Waals surface area contributed by atoms with Crippen LogP contribution >= 0.6 is 11.6 Å². The molecule has 1 saturated heterocycles. The minimum Gasteiger partial charge on any atom is -0.369 e. The van der Waals surface area contributed by atoms with Crippen molar-refractivity contribution in [2.75, 3.05) is 38.5 Å². The lowest BCUT2D eigenvalue weighted by Gasteiger charge is -2.29. The van der Waals surface area contributed by atoms with Gasteiger partial charge in [-0.25, -0.2) is 0 Å². The molecule has 2 rings (SSSR count).